The van der Waals surface area contributed by atoms with E-state index in [1.807, 2.05) is 43.3 Å². The van der Waals surface area contributed by atoms with E-state index in [1.54, 1.807) is 18.3 Å². The second-order valence-electron chi connectivity index (χ2n) is 7.82. The van der Waals surface area contributed by atoms with Gasteiger partial charge in [0.25, 0.3) is 5.56 Å². The van der Waals surface area contributed by atoms with Crippen molar-refractivity contribution in [3.63, 3.8) is 0 Å². The number of hydrogen-bond donors (Lipinski definition) is 1. The van der Waals surface area contributed by atoms with Gasteiger partial charge in [-0.3, -0.25) is 9.59 Å². The zero-order valence-corrected chi connectivity index (χ0v) is 18.1. The molecule has 1 aromatic heterocycles. The molecule has 0 aliphatic heterocycles. The Morgan fingerprint density at radius 3 is 2.30 bits per heavy atom. The lowest BCUT2D eigenvalue weighted by Gasteiger charge is -2.25. The molecule has 0 amide bonds. The second-order valence-corrected chi connectivity index (χ2v) is 10.3. The number of Topliss-reactive ketones (excluding diaryl/α,β-unsaturated/α-hetero) is 1. The Bertz CT molecular complexity index is 1260. The van der Waals surface area contributed by atoms with E-state index >= 15 is 0 Å². The van der Waals surface area contributed by atoms with Crippen molar-refractivity contribution < 1.29 is 18.3 Å². The van der Waals surface area contributed by atoms with Gasteiger partial charge in [0, 0.05) is 24.4 Å². The fourth-order valence-corrected chi connectivity index (χ4v) is 4.36. The quantitative estimate of drug-likeness (QED) is 0.626. The van der Waals surface area contributed by atoms with Gasteiger partial charge < -0.3 is 9.67 Å². The maximum absolute atomic E-state index is 12.9. The summed E-state index contributed by atoms with van der Waals surface area (Å²) < 4.78 is 24.0. The van der Waals surface area contributed by atoms with Crippen LogP contribution in [0.4, 0.5) is 0 Å². The first-order valence-corrected chi connectivity index (χ1v) is 11.5. The molecule has 0 bridgehead atoms. The first kappa shape index (κ1) is 21.9. The maximum atomic E-state index is 12.9. The Labute approximate surface area is 175 Å². The average Bonchev–Trinajstić information content (AvgIpc) is 2.72. The number of ketones is 1. The standard InChI is InChI=1S/C23H25NO5S/c1-16-4-6-17(7-5-16)18-8-9-20-19(14-18)10-12-24(22(20)27)13-11-23(2,21(26)15-25)30(3,28)29/h4-10,12,14,25H,11,13,15H2,1-3H3/t23-/m1/s1. The summed E-state index contributed by atoms with van der Waals surface area (Å²) in [4.78, 5) is 25.0. The van der Waals surface area contributed by atoms with E-state index in [-0.39, 0.29) is 18.5 Å². The summed E-state index contributed by atoms with van der Waals surface area (Å²) in [5.74, 6) is -0.776. The highest BCUT2D eigenvalue weighted by molar-refractivity contribution is 7.92. The van der Waals surface area contributed by atoms with Crippen molar-refractivity contribution in [3.05, 3.63) is 70.6 Å². The largest absolute Gasteiger partial charge is 0.389 e. The van der Waals surface area contributed by atoms with Crippen LogP contribution in [0.5, 0.6) is 0 Å². The number of fused-ring (bicyclic) bond motifs is 1. The van der Waals surface area contributed by atoms with Gasteiger partial charge in [-0.1, -0.05) is 35.9 Å². The number of aliphatic hydroxyl groups is 1. The summed E-state index contributed by atoms with van der Waals surface area (Å²) in [6, 6.07) is 15.5. The van der Waals surface area contributed by atoms with E-state index in [0.717, 1.165) is 22.8 Å². The predicted octanol–water partition coefficient (Wildman–Crippen LogP) is 2.73. The molecule has 0 saturated heterocycles. The fourth-order valence-electron chi connectivity index (χ4n) is 3.42. The Balaban J connectivity index is 1.94. The molecule has 6 nitrogen and oxygen atoms in total. The van der Waals surface area contributed by atoms with Crippen molar-refractivity contribution in [1.29, 1.82) is 0 Å². The van der Waals surface area contributed by atoms with Crippen LogP contribution in [-0.2, 0) is 21.2 Å². The van der Waals surface area contributed by atoms with Crippen molar-refractivity contribution in [2.45, 2.75) is 31.6 Å². The lowest BCUT2D eigenvalue weighted by Crippen LogP contribution is -2.46. The highest BCUT2D eigenvalue weighted by atomic mass is 32.2. The summed E-state index contributed by atoms with van der Waals surface area (Å²) in [6.07, 6.45) is 2.48. The molecule has 3 rings (SSSR count). The van der Waals surface area contributed by atoms with E-state index in [2.05, 4.69) is 0 Å². The van der Waals surface area contributed by atoms with Crippen LogP contribution in [0, 0.1) is 6.92 Å². The number of nitrogens with zero attached hydrogens (tertiary/aromatic N) is 1. The summed E-state index contributed by atoms with van der Waals surface area (Å²) >= 11 is 0. The van der Waals surface area contributed by atoms with Crippen molar-refractivity contribution >= 4 is 26.4 Å². The molecule has 30 heavy (non-hydrogen) atoms. The third-order valence-electron chi connectivity index (χ3n) is 5.74. The van der Waals surface area contributed by atoms with Gasteiger partial charge in [-0.25, -0.2) is 8.42 Å². The molecule has 1 N–H and O–H groups in total. The third-order valence-corrected chi connectivity index (χ3v) is 7.81. The molecular formula is C23H25NO5S. The fraction of sp³-hybridized carbons (Fsp3) is 0.304. The van der Waals surface area contributed by atoms with Gasteiger partial charge in [-0.2, -0.15) is 0 Å². The monoisotopic (exact) mass is 427 g/mol. The molecule has 2 aromatic carbocycles. The number of carbonyl (C=O) groups excluding carboxylic acids is 1. The zero-order chi connectivity index (χ0) is 22.1. The van der Waals surface area contributed by atoms with E-state index in [9.17, 15) is 23.1 Å². The van der Waals surface area contributed by atoms with E-state index in [0.29, 0.717) is 5.39 Å². The third kappa shape index (κ3) is 4.08. The number of benzene rings is 2. The molecule has 0 radical (unpaired) electrons. The van der Waals surface area contributed by atoms with Crippen molar-refractivity contribution in [2.75, 3.05) is 12.9 Å². The Kier molecular flexibility index (Phi) is 5.97. The van der Waals surface area contributed by atoms with Gasteiger partial charge in [-0.05, 0) is 55.0 Å². The Morgan fingerprint density at radius 1 is 1.07 bits per heavy atom. The van der Waals surface area contributed by atoms with Crippen LogP contribution < -0.4 is 5.56 Å². The van der Waals surface area contributed by atoms with E-state index in [1.165, 1.54) is 17.1 Å². The number of aryl methyl sites for hydroxylation is 2. The molecule has 0 unspecified atom stereocenters. The molecule has 0 aliphatic rings. The van der Waals surface area contributed by atoms with Gasteiger partial charge in [0.05, 0.1) is 0 Å². The Hall–Kier alpha value is -2.77. The number of aliphatic hydroxyl groups excluding tert-OH is 1. The lowest BCUT2D eigenvalue weighted by molar-refractivity contribution is -0.124. The number of pyridine rings is 1. The molecule has 0 spiro atoms. The normalized spacial score (nSPS) is 13.9. The van der Waals surface area contributed by atoms with Crippen LogP contribution in [0.25, 0.3) is 21.9 Å². The van der Waals surface area contributed by atoms with Gasteiger partial charge in [0.15, 0.2) is 15.6 Å². The number of carbonyl (C=O) groups is 1. The minimum absolute atomic E-state index is 0.0454. The van der Waals surface area contributed by atoms with Crippen molar-refractivity contribution in [3.8, 4) is 11.1 Å². The average molecular weight is 428 g/mol. The van der Waals surface area contributed by atoms with Gasteiger partial charge in [0.2, 0.25) is 0 Å². The summed E-state index contributed by atoms with van der Waals surface area (Å²) in [5, 5.41) is 10.5. The van der Waals surface area contributed by atoms with Crippen molar-refractivity contribution in [2.24, 2.45) is 0 Å². The molecule has 0 fully saturated rings. The minimum Gasteiger partial charge on any atom is -0.389 e. The number of sulfone groups is 1. The molecule has 1 atom stereocenters. The zero-order valence-electron chi connectivity index (χ0n) is 17.3. The molecule has 7 heteroatoms. The predicted molar refractivity (Wildman–Crippen MR) is 118 cm³/mol. The van der Waals surface area contributed by atoms with E-state index < -0.39 is 27.0 Å². The molecule has 1 heterocycles. The van der Waals surface area contributed by atoms with Crippen LogP contribution in [0.1, 0.15) is 18.9 Å². The first-order chi connectivity index (χ1) is 14.1. The topological polar surface area (TPSA) is 93.4 Å². The number of hydrogen-bond acceptors (Lipinski definition) is 5. The smallest absolute Gasteiger partial charge is 0.258 e. The first-order valence-electron chi connectivity index (χ1n) is 9.61. The summed E-state index contributed by atoms with van der Waals surface area (Å²) in [6.45, 7) is 2.50. The van der Waals surface area contributed by atoms with Gasteiger partial charge in [0.1, 0.15) is 11.4 Å². The summed E-state index contributed by atoms with van der Waals surface area (Å²) in [5.41, 5.74) is 2.97. The molecule has 3 aromatic rings. The van der Waals surface area contributed by atoms with Crippen LogP contribution in [0.3, 0.4) is 0 Å². The van der Waals surface area contributed by atoms with Crippen LogP contribution in [-0.4, -0.2) is 41.5 Å². The van der Waals surface area contributed by atoms with Crippen LogP contribution >= 0.6 is 0 Å². The Morgan fingerprint density at radius 2 is 1.70 bits per heavy atom. The van der Waals surface area contributed by atoms with Crippen LogP contribution in [0.2, 0.25) is 0 Å². The molecule has 0 aliphatic carbocycles. The highest BCUT2D eigenvalue weighted by Crippen LogP contribution is 2.25. The van der Waals surface area contributed by atoms with Crippen molar-refractivity contribution in [1.82, 2.24) is 4.57 Å². The minimum atomic E-state index is -3.77. The molecule has 158 valence electrons. The lowest BCUT2D eigenvalue weighted by atomic mass is 10.0. The van der Waals surface area contributed by atoms with Gasteiger partial charge in [-0.15, -0.1) is 0 Å². The SMILES string of the molecule is Cc1ccc(-c2ccc3c(=O)n(CC[C@](C)(C(=O)CO)S(C)(=O)=O)ccc3c2)cc1. The highest BCUT2D eigenvalue weighted by Gasteiger charge is 2.42. The molecule has 0 saturated carbocycles. The number of rotatable bonds is 7. The van der Waals surface area contributed by atoms with Gasteiger partial charge >= 0.3 is 0 Å². The molecular weight excluding hydrogens is 402 g/mol. The summed E-state index contributed by atoms with van der Waals surface area (Å²) in [7, 11) is -3.77. The number of aromatic nitrogens is 1. The maximum Gasteiger partial charge on any atom is 0.258 e. The van der Waals surface area contributed by atoms with E-state index in [4.69, 9.17) is 0 Å². The van der Waals surface area contributed by atoms with Crippen LogP contribution in [0.15, 0.2) is 59.5 Å². The second kappa shape index (κ2) is 8.16.